The van der Waals surface area contributed by atoms with Gasteiger partial charge in [-0.25, -0.2) is 8.42 Å². The van der Waals surface area contributed by atoms with Crippen LogP contribution in [-0.2, 0) is 14.8 Å². The number of para-hydroxylation sites is 2. The summed E-state index contributed by atoms with van der Waals surface area (Å²) in [6, 6.07) is 14.4. The molecule has 1 aliphatic heterocycles. The van der Waals surface area contributed by atoms with Gasteiger partial charge in [0.2, 0.25) is 5.91 Å². The standard InChI is InChI=1S/C15H11N3O3S/c16-9-11-5-1-4-8-14(11)22(20,21)18-10-15(19)17-12-6-2-3-7-13(12)18/h1-8H,10H2,(H,17,19). The molecule has 0 unspecified atom stereocenters. The van der Waals surface area contributed by atoms with Crippen molar-refractivity contribution < 1.29 is 13.2 Å². The SMILES string of the molecule is N#Cc1ccccc1S(=O)(=O)N1CC(=O)Nc2ccccc21. The molecule has 0 aliphatic carbocycles. The second-order valence-corrected chi connectivity index (χ2v) is 6.52. The van der Waals surface area contributed by atoms with Crippen molar-refractivity contribution in [2.75, 3.05) is 16.2 Å². The molecule has 0 aromatic heterocycles. The Labute approximate surface area is 127 Å². The van der Waals surface area contributed by atoms with Crippen molar-refractivity contribution in [1.29, 1.82) is 5.26 Å². The minimum Gasteiger partial charge on any atom is -0.323 e. The van der Waals surface area contributed by atoms with Crippen LogP contribution in [0.5, 0.6) is 0 Å². The fourth-order valence-electron chi connectivity index (χ4n) is 2.32. The van der Waals surface area contributed by atoms with Crippen LogP contribution in [0.25, 0.3) is 0 Å². The number of rotatable bonds is 2. The van der Waals surface area contributed by atoms with Gasteiger partial charge in [-0.15, -0.1) is 0 Å². The second-order valence-electron chi connectivity index (χ2n) is 4.68. The molecule has 0 spiro atoms. The molecule has 7 heteroatoms. The summed E-state index contributed by atoms with van der Waals surface area (Å²) in [6.07, 6.45) is 0. The molecule has 110 valence electrons. The number of hydrogen-bond donors (Lipinski definition) is 1. The van der Waals surface area contributed by atoms with Gasteiger partial charge < -0.3 is 5.32 Å². The summed E-state index contributed by atoms with van der Waals surface area (Å²) >= 11 is 0. The van der Waals surface area contributed by atoms with Gasteiger partial charge in [0.15, 0.2) is 0 Å². The van der Waals surface area contributed by atoms with Gasteiger partial charge in [-0.1, -0.05) is 24.3 Å². The molecule has 0 saturated heterocycles. The number of benzene rings is 2. The molecule has 22 heavy (non-hydrogen) atoms. The molecule has 6 nitrogen and oxygen atoms in total. The van der Waals surface area contributed by atoms with Gasteiger partial charge in [0.05, 0.1) is 16.9 Å². The van der Waals surface area contributed by atoms with E-state index in [1.54, 1.807) is 36.4 Å². The first-order valence-corrected chi connectivity index (χ1v) is 7.89. The van der Waals surface area contributed by atoms with E-state index in [4.69, 9.17) is 5.26 Å². The molecular formula is C15H11N3O3S. The van der Waals surface area contributed by atoms with E-state index in [-0.39, 0.29) is 17.0 Å². The van der Waals surface area contributed by atoms with Crippen molar-refractivity contribution in [2.24, 2.45) is 0 Å². The van der Waals surface area contributed by atoms with Gasteiger partial charge in [-0.2, -0.15) is 5.26 Å². The maximum absolute atomic E-state index is 12.9. The summed E-state index contributed by atoms with van der Waals surface area (Å²) in [7, 11) is -4.00. The number of amides is 1. The average Bonchev–Trinajstić information content (AvgIpc) is 2.53. The van der Waals surface area contributed by atoms with Crippen LogP contribution in [0.1, 0.15) is 5.56 Å². The minimum atomic E-state index is -4.00. The number of fused-ring (bicyclic) bond motifs is 1. The zero-order valence-corrected chi connectivity index (χ0v) is 12.2. The maximum atomic E-state index is 12.9. The number of hydrogen-bond acceptors (Lipinski definition) is 4. The highest BCUT2D eigenvalue weighted by Gasteiger charge is 2.33. The molecule has 1 N–H and O–H groups in total. The minimum absolute atomic E-state index is 0.0472. The Morgan fingerprint density at radius 3 is 2.55 bits per heavy atom. The van der Waals surface area contributed by atoms with Gasteiger partial charge in [-0.05, 0) is 24.3 Å². The van der Waals surface area contributed by atoms with Crippen molar-refractivity contribution in [3.05, 3.63) is 54.1 Å². The zero-order valence-electron chi connectivity index (χ0n) is 11.4. The van der Waals surface area contributed by atoms with Crippen LogP contribution in [0, 0.1) is 11.3 Å². The quantitative estimate of drug-likeness (QED) is 0.913. The highest BCUT2D eigenvalue weighted by Crippen LogP contribution is 2.33. The highest BCUT2D eigenvalue weighted by molar-refractivity contribution is 7.93. The normalized spacial score (nSPS) is 14.0. The van der Waals surface area contributed by atoms with Crippen molar-refractivity contribution in [2.45, 2.75) is 4.90 Å². The van der Waals surface area contributed by atoms with Gasteiger partial charge >= 0.3 is 0 Å². The predicted molar refractivity (Wildman–Crippen MR) is 80.8 cm³/mol. The molecule has 2 aromatic carbocycles. The first kappa shape index (κ1) is 14.1. The van der Waals surface area contributed by atoms with E-state index >= 15 is 0 Å². The Balaban J connectivity index is 2.19. The third-order valence-electron chi connectivity index (χ3n) is 3.31. The van der Waals surface area contributed by atoms with Crippen LogP contribution in [0.2, 0.25) is 0 Å². The van der Waals surface area contributed by atoms with Gasteiger partial charge in [0.25, 0.3) is 10.0 Å². The van der Waals surface area contributed by atoms with Crippen LogP contribution in [0.4, 0.5) is 11.4 Å². The van der Waals surface area contributed by atoms with Crippen LogP contribution in [0.15, 0.2) is 53.4 Å². The first-order valence-electron chi connectivity index (χ1n) is 6.45. The monoisotopic (exact) mass is 313 g/mol. The molecule has 0 atom stereocenters. The molecule has 0 saturated carbocycles. The fourth-order valence-corrected chi connectivity index (χ4v) is 3.90. The molecule has 0 fully saturated rings. The Morgan fingerprint density at radius 1 is 1.09 bits per heavy atom. The molecule has 0 bridgehead atoms. The van der Waals surface area contributed by atoms with Gasteiger partial charge in [0, 0.05) is 0 Å². The Hall–Kier alpha value is -2.85. The lowest BCUT2D eigenvalue weighted by Crippen LogP contribution is -2.42. The van der Waals surface area contributed by atoms with E-state index in [2.05, 4.69) is 5.32 Å². The van der Waals surface area contributed by atoms with Crippen LogP contribution in [0.3, 0.4) is 0 Å². The van der Waals surface area contributed by atoms with Crippen LogP contribution >= 0.6 is 0 Å². The summed E-state index contributed by atoms with van der Waals surface area (Å²) in [6.45, 7) is -0.320. The third-order valence-corrected chi connectivity index (χ3v) is 5.13. The molecule has 2 aromatic rings. The molecule has 3 rings (SSSR count). The summed E-state index contributed by atoms with van der Waals surface area (Å²) < 4.78 is 26.8. The lowest BCUT2D eigenvalue weighted by Gasteiger charge is -2.30. The predicted octanol–water partition coefficient (Wildman–Crippen LogP) is 1.71. The van der Waals surface area contributed by atoms with E-state index < -0.39 is 15.9 Å². The summed E-state index contributed by atoms with van der Waals surface area (Å²) in [5.74, 6) is -0.420. The lowest BCUT2D eigenvalue weighted by atomic mass is 10.2. The lowest BCUT2D eigenvalue weighted by molar-refractivity contribution is -0.115. The van der Waals surface area contributed by atoms with Gasteiger partial charge in [0.1, 0.15) is 17.5 Å². The first-order chi connectivity index (χ1) is 10.5. The van der Waals surface area contributed by atoms with E-state index in [0.29, 0.717) is 11.4 Å². The molecule has 1 amide bonds. The maximum Gasteiger partial charge on any atom is 0.266 e. The number of carbonyl (C=O) groups excluding carboxylic acids is 1. The van der Waals surface area contributed by atoms with Crippen molar-refractivity contribution >= 4 is 27.3 Å². The highest BCUT2D eigenvalue weighted by atomic mass is 32.2. The number of nitrogens with zero attached hydrogens (tertiary/aromatic N) is 2. The summed E-state index contributed by atoms with van der Waals surface area (Å²) in [5, 5.41) is 11.7. The zero-order chi connectivity index (χ0) is 15.7. The molecule has 0 radical (unpaired) electrons. The Bertz CT molecular complexity index is 900. The van der Waals surface area contributed by atoms with Crippen LogP contribution in [-0.4, -0.2) is 20.9 Å². The van der Waals surface area contributed by atoms with Crippen molar-refractivity contribution in [3.63, 3.8) is 0 Å². The van der Waals surface area contributed by atoms with E-state index in [1.807, 2.05) is 6.07 Å². The number of sulfonamides is 1. The Morgan fingerprint density at radius 2 is 1.77 bits per heavy atom. The smallest absolute Gasteiger partial charge is 0.266 e. The topological polar surface area (TPSA) is 90.3 Å². The molecule has 1 aliphatic rings. The number of nitriles is 1. The Kier molecular flexibility index (Phi) is 3.31. The van der Waals surface area contributed by atoms with Gasteiger partial charge in [-0.3, -0.25) is 9.10 Å². The average molecular weight is 313 g/mol. The molecular weight excluding hydrogens is 302 g/mol. The van der Waals surface area contributed by atoms with E-state index in [9.17, 15) is 13.2 Å². The fraction of sp³-hybridized carbons (Fsp3) is 0.0667. The van der Waals surface area contributed by atoms with Crippen molar-refractivity contribution in [3.8, 4) is 6.07 Å². The largest absolute Gasteiger partial charge is 0.323 e. The van der Waals surface area contributed by atoms with Crippen molar-refractivity contribution in [1.82, 2.24) is 0 Å². The number of nitrogens with one attached hydrogen (secondary N) is 1. The van der Waals surface area contributed by atoms with E-state index in [0.717, 1.165) is 4.31 Å². The number of carbonyl (C=O) groups is 1. The van der Waals surface area contributed by atoms with E-state index in [1.165, 1.54) is 12.1 Å². The summed E-state index contributed by atoms with van der Waals surface area (Å²) in [4.78, 5) is 11.7. The second kappa shape index (κ2) is 5.16. The third kappa shape index (κ3) is 2.19. The molecule has 1 heterocycles. The summed E-state index contributed by atoms with van der Waals surface area (Å²) in [5.41, 5.74) is 0.859. The number of anilines is 2. The van der Waals surface area contributed by atoms with Crippen LogP contribution < -0.4 is 9.62 Å².